The van der Waals surface area contributed by atoms with Crippen LogP contribution >= 0.6 is 22.6 Å². The summed E-state index contributed by atoms with van der Waals surface area (Å²) in [4.78, 5) is 25.1. The van der Waals surface area contributed by atoms with Gasteiger partial charge in [0.1, 0.15) is 12.1 Å². The zero-order valence-electron chi connectivity index (χ0n) is 17.7. The number of halogens is 4. The van der Waals surface area contributed by atoms with E-state index in [-0.39, 0.29) is 5.56 Å². The summed E-state index contributed by atoms with van der Waals surface area (Å²) in [5.41, 5.74) is 2.52. The van der Waals surface area contributed by atoms with Crippen molar-refractivity contribution in [2.24, 2.45) is 0 Å². The van der Waals surface area contributed by atoms with Gasteiger partial charge in [-0.3, -0.25) is 9.78 Å². The summed E-state index contributed by atoms with van der Waals surface area (Å²) in [7, 11) is 0. The van der Waals surface area contributed by atoms with E-state index in [0.29, 0.717) is 11.5 Å². The summed E-state index contributed by atoms with van der Waals surface area (Å²) >= 11 is 2.14. The Morgan fingerprint density at radius 3 is 2.53 bits per heavy atom. The fourth-order valence-electron chi connectivity index (χ4n) is 3.24. The molecule has 4 rings (SSSR count). The molecule has 0 unspecified atom stereocenters. The lowest BCUT2D eigenvalue weighted by Gasteiger charge is -2.13. The Morgan fingerprint density at radius 2 is 1.76 bits per heavy atom. The van der Waals surface area contributed by atoms with Crippen molar-refractivity contribution in [1.29, 1.82) is 0 Å². The number of nitrogens with zero attached hydrogens (tertiary/aromatic N) is 3. The van der Waals surface area contributed by atoms with Gasteiger partial charge in [-0.15, -0.1) is 0 Å². The summed E-state index contributed by atoms with van der Waals surface area (Å²) in [6, 6.07) is 13.6. The first-order valence-electron chi connectivity index (χ1n) is 9.99. The normalized spacial score (nSPS) is 11.2. The molecule has 0 fully saturated rings. The minimum atomic E-state index is -4.53. The summed E-state index contributed by atoms with van der Waals surface area (Å²) in [6.07, 6.45) is 0.0941. The van der Waals surface area contributed by atoms with Crippen LogP contribution < -0.4 is 10.6 Å². The van der Waals surface area contributed by atoms with Gasteiger partial charge in [-0.1, -0.05) is 18.2 Å². The van der Waals surface area contributed by atoms with Gasteiger partial charge in [0.05, 0.1) is 21.0 Å². The summed E-state index contributed by atoms with van der Waals surface area (Å²) < 4.78 is 39.8. The van der Waals surface area contributed by atoms with E-state index in [9.17, 15) is 18.0 Å². The Morgan fingerprint density at radius 1 is 0.971 bits per heavy atom. The molecule has 6 nitrogen and oxygen atoms in total. The number of benzene rings is 2. The highest BCUT2D eigenvalue weighted by Gasteiger charge is 2.30. The Labute approximate surface area is 206 Å². The number of hydrogen-bond donors (Lipinski definition) is 2. The number of hydrogen-bond acceptors (Lipinski definition) is 5. The van der Waals surface area contributed by atoms with Crippen LogP contribution in [0.4, 0.5) is 30.4 Å². The van der Waals surface area contributed by atoms with Gasteiger partial charge in [0, 0.05) is 28.7 Å². The number of aromatic nitrogens is 3. The number of amides is 1. The van der Waals surface area contributed by atoms with Gasteiger partial charge in [-0.2, -0.15) is 13.2 Å². The third-order valence-corrected chi connectivity index (χ3v) is 5.69. The maximum atomic E-state index is 13.0. The molecular formula is C24H17F3IN5O. The lowest BCUT2D eigenvalue weighted by Crippen LogP contribution is -2.14. The number of rotatable bonds is 5. The fraction of sp³-hybridized carbons (Fsp3) is 0.0833. The second-order valence-corrected chi connectivity index (χ2v) is 8.48. The Kier molecular flexibility index (Phi) is 6.77. The highest BCUT2D eigenvalue weighted by Crippen LogP contribution is 2.31. The van der Waals surface area contributed by atoms with Crippen LogP contribution in [0.2, 0.25) is 0 Å². The van der Waals surface area contributed by atoms with E-state index in [1.807, 2.05) is 31.2 Å². The second kappa shape index (κ2) is 9.75. The van der Waals surface area contributed by atoms with E-state index in [2.05, 4.69) is 48.2 Å². The smallest absolute Gasteiger partial charge is 0.339 e. The maximum Gasteiger partial charge on any atom is 0.416 e. The molecule has 0 atom stereocenters. The molecule has 2 N–H and O–H groups in total. The first-order valence-corrected chi connectivity index (χ1v) is 11.1. The third-order valence-electron chi connectivity index (χ3n) is 4.90. The molecule has 34 heavy (non-hydrogen) atoms. The van der Waals surface area contributed by atoms with E-state index in [1.165, 1.54) is 24.7 Å². The van der Waals surface area contributed by atoms with Crippen LogP contribution in [0.3, 0.4) is 0 Å². The minimum Gasteiger partial charge on any atom is -0.339 e. The van der Waals surface area contributed by atoms with Crippen molar-refractivity contribution in [2.75, 3.05) is 10.6 Å². The molecule has 4 aromatic rings. The number of aryl methyl sites for hydroxylation is 1. The summed E-state index contributed by atoms with van der Waals surface area (Å²) in [6.45, 7) is 1.83. The second-order valence-electron chi connectivity index (χ2n) is 7.31. The standard InChI is InChI=1S/C24H17F3IN5O/c1-14-20(15-4-3-7-18(9-15)32-22-21(28)12-29-13-31-22)10-19(11-30-14)33-23(34)16-5-2-6-17(8-16)24(25,26)27/h2-13H,1H3,(H,33,34)(H,29,31,32). The van der Waals surface area contributed by atoms with Crippen molar-refractivity contribution in [3.8, 4) is 11.1 Å². The average molecular weight is 575 g/mol. The minimum absolute atomic E-state index is 0.0948. The van der Waals surface area contributed by atoms with E-state index in [1.54, 1.807) is 12.3 Å². The van der Waals surface area contributed by atoms with Crippen LogP contribution in [0.25, 0.3) is 11.1 Å². The molecule has 2 heterocycles. The SMILES string of the molecule is Cc1ncc(NC(=O)c2cccc(C(F)(F)F)c2)cc1-c1cccc(Nc2ncncc2I)c1. The van der Waals surface area contributed by atoms with Gasteiger partial charge in [0.25, 0.3) is 5.91 Å². The first kappa shape index (κ1) is 23.6. The molecule has 10 heteroatoms. The molecule has 2 aromatic carbocycles. The molecule has 1 amide bonds. The molecule has 0 saturated carbocycles. The topological polar surface area (TPSA) is 79.8 Å². The first-order chi connectivity index (χ1) is 16.2. The third kappa shape index (κ3) is 5.50. The van der Waals surface area contributed by atoms with Crippen LogP contribution in [-0.4, -0.2) is 20.9 Å². The van der Waals surface area contributed by atoms with Crippen LogP contribution in [0.1, 0.15) is 21.6 Å². The van der Waals surface area contributed by atoms with Crippen molar-refractivity contribution in [3.05, 3.63) is 93.7 Å². The number of carbonyl (C=O) groups excluding carboxylic acids is 1. The molecule has 0 aliphatic carbocycles. The molecule has 0 aliphatic heterocycles. The Hall–Kier alpha value is -3.54. The van der Waals surface area contributed by atoms with Crippen LogP contribution in [0.5, 0.6) is 0 Å². The van der Waals surface area contributed by atoms with Crippen LogP contribution in [0.15, 0.2) is 73.3 Å². The molecule has 2 aromatic heterocycles. The molecule has 172 valence electrons. The van der Waals surface area contributed by atoms with Gasteiger partial charge >= 0.3 is 6.18 Å². The van der Waals surface area contributed by atoms with Gasteiger partial charge in [-0.05, 0) is 71.5 Å². The molecule has 0 spiro atoms. The van der Waals surface area contributed by atoms with E-state index < -0.39 is 17.6 Å². The lowest BCUT2D eigenvalue weighted by atomic mass is 10.0. The van der Waals surface area contributed by atoms with E-state index in [4.69, 9.17) is 0 Å². The lowest BCUT2D eigenvalue weighted by molar-refractivity contribution is -0.137. The summed E-state index contributed by atoms with van der Waals surface area (Å²) in [5.74, 6) is 0.0150. The van der Waals surface area contributed by atoms with E-state index >= 15 is 0 Å². The molecule has 0 aliphatic rings. The molecule has 0 saturated heterocycles. The van der Waals surface area contributed by atoms with Crippen molar-refractivity contribution in [1.82, 2.24) is 15.0 Å². The van der Waals surface area contributed by atoms with Crippen molar-refractivity contribution in [3.63, 3.8) is 0 Å². The largest absolute Gasteiger partial charge is 0.416 e. The Bertz CT molecular complexity index is 1360. The van der Waals surface area contributed by atoms with Crippen molar-refractivity contribution >= 4 is 45.7 Å². The number of pyridine rings is 1. The van der Waals surface area contributed by atoms with Crippen LogP contribution in [-0.2, 0) is 6.18 Å². The van der Waals surface area contributed by atoms with Gasteiger partial charge in [0.15, 0.2) is 0 Å². The monoisotopic (exact) mass is 575 g/mol. The van der Waals surface area contributed by atoms with Crippen molar-refractivity contribution in [2.45, 2.75) is 13.1 Å². The average Bonchev–Trinajstić information content (AvgIpc) is 2.81. The highest BCUT2D eigenvalue weighted by molar-refractivity contribution is 14.1. The zero-order valence-corrected chi connectivity index (χ0v) is 19.8. The molecular weight excluding hydrogens is 558 g/mol. The van der Waals surface area contributed by atoms with Crippen LogP contribution in [0, 0.1) is 10.5 Å². The molecule has 0 bridgehead atoms. The highest BCUT2D eigenvalue weighted by atomic mass is 127. The van der Waals surface area contributed by atoms with Crippen molar-refractivity contribution < 1.29 is 18.0 Å². The number of anilines is 3. The summed E-state index contributed by atoms with van der Waals surface area (Å²) in [5, 5.41) is 5.88. The van der Waals surface area contributed by atoms with Gasteiger partial charge in [-0.25, -0.2) is 9.97 Å². The predicted octanol–water partition coefficient (Wildman–Crippen LogP) is 6.47. The quantitative estimate of drug-likeness (QED) is 0.267. The predicted molar refractivity (Wildman–Crippen MR) is 132 cm³/mol. The maximum absolute atomic E-state index is 13.0. The Balaban J connectivity index is 1.58. The number of alkyl halides is 3. The van der Waals surface area contributed by atoms with Gasteiger partial charge < -0.3 is 10.6 Å². The van der Waals surface area contributed by atoms with E-state index in [0.717, 1.165) is 38.2 Å². The number of nitrogens with one attached hydrogen (secondary N) is 2. The zero-order chi connectivity index (χ0) is 24.3. The molecule has 0 radical (unpaired) electrons. The fourth-order valence-corrected chi connectivity index (χ4v) is 3.67. The van der Waals surface area contributed by atoms with Gasteiger partial charge in [0.2, 0.25) is 0 Å². The number of carbonyl (C=O) groups is 1.